The van der Waals surface area contributed by atoms with E-state index in [9.17, 15) is 0 Å². The molecule has 22 heavy (non-hydrogen) atoms. The molecular formula is C18H13Cl2NS. The molecule has 0 aliphatic carbocycles. The summed E-state index contributed by atoms with van der Waals surface area (Å²) in [5, 5.41) is 4.28. The van der Waals surface area contributed by atoms with Crippen molar-refractivity contribution < 1.29 is 0 Å². The largest absolute Gasteiger partial charge is 0.237 e. The van der Waals surface area contributed by atoms with Gasteiger partial charge in [-0.1, -0.05) is 65.2 Å². The van der Waals surface area contributed by atoms with Crippen LogP contribution in [0.2, 0.25) is 10.0 Å². The van der Waals surface area contributed by atoms with Gasteiger partial charge in [0.05, 0.1) is 5.69 Å². The minimum atomic E-state index is 0.637. The van der Waals surface area contributed by atoms with Crippen molar-refractivity contribution in [1.82, 2.24) is 4.98 Å². The fourth-order valence-corrected chi connectivity index (χ4v) is 3.21. The maximum Gasteiger partial charge on any atom is 0.116 e. The summed E-state index contributed by atoms with van der Waals surface area (Å²) >= 11 is 13.7. The predicted octanol–water partition coefficient (Wildman–Crippen LogP) is 6.60. The van der Waals surface area contributed by atoms with Crippen LogP contribution in [-0.2, 0) is 0 Å². The van der Waals surface area contributed by atoms with Crippen molar-refractivity contribution in [2.75, 3.05) is 0 Å². The maximum absolute atomic E-state index is 6.16. The molecule has 0 saturated carbocycles. The first kappa shape index (κ1) is 15.3. The number of hydrogen-bond acceptors (Lipinski definition) is 2. The van der Waals surface area contributed by atoms with Crippen LogP contribution < -0.4 is 0 Å². The first-order valence-corrected chi connectivity index (χ1v) is 8.41. The van der Waals surface area contributed by atoms with Crippen molar-refractivity contribution in [3.63, 3.8) is 0 Å². The molecule has 1 heterocycles. The molecule has 0 radical (unpaired) electrons. The molecule has 110 valence electrons. The molecule has 0 aliphatic heterocycles. The number of halogens is 2. The Morgan fingerprint density at radius 1 is 1.00 bits per heavy atom. The lowest BCUT2D eigenvalue weighted by molar-refractivity contribution is 1.37. The molecule has 1 nitrogen and oxygen atoms in total. The van der Waals surface area contributed by atoms with Gasteiger partial charge in [-0.3, -0.25) is 0 Å². The van der Waals surface area contributed by atoms with Gasteiger partial charge in [-0.25, -0.2) is 4.98 Å². The molecule has 4 heteroatoms. The van der Waals surface area contributed by atoms with E-state index in [1.165, 1.54) is 5.56 Å². The Morgan fingerprint density at radius 2 is 1.77 bits per heavy atom. The van der Waals surface area contributed by atoms with Crippen LogP contribution in [0.1, 0.15) is 16.1 Å². The van der Waals surface area contributed by atoms with Gasteiger partial charge in [0, 0.05) is 21.0 Å². The first-order valence-electron chi connectivity index (χ1n) is 6.77. The summed E-state index contributed by atoms with van der Waals surface area (Å²) in [5.41, 5.74) is 4.30. The molecule has 0 amide bonds. The van der Waals surface area contributed by atoms with Gasteiger partial charge < -0.3 is 0 Å². The predicted molar refractivity (Wildman–Crippen MR) is 97.7 cm³/mol. The lowest BCUT2D eigenvalue weighted by Crippen LogP contribution is -1.79. The molecule has 0 bridgehead atoms. The van der Waals surface area contributed by atoms with E-state index in [-0.39, 0.29) is 0 Å². The maximum atomic E-state index is 6.16. The molecule has 0 N–H and O–H groups in total. The molecule has 0 saturated heterocycles. The molecule has 0 atom stereocenters. The van der Waals surface area contributed by atoms with Gasteiger partial charge in [0.2, 0.25) is 0 Å². The second-order valence-electron chi connectivity index (χ2n) is 4.94. The minimum Gasteiger partial charge on any atom is -0.237 e. The van der Waals surface area contributed by atoms with Gasteiger partial charge >= 0.3 is 0 Å². The standard InChI is InChI=1S/C18H13Cl2NS/c1-12-2-4-14(5-3-12)17-11-22-18(21-17)9-7-13-6-8-15(19)10-16(13)20/h2-11H,1H3. The third-order valence-corrected chi connectivity index (χ3v) is 4.61. The molecule has 0 unspecified atom stereocenters. The first-order chi connectivity index (χ1) is 10.6. The van der Waals surface area contributed by atoms with Gasteiger partial charge in [-0.05, 0) is 30.7 Å². The summed E-state index contributed by atoms with van der Waals surface area (Å²) in [7, 11) is 0. The Balaban J connectivity index is 1.82. The van der Waals surface area contributed by atoms with Crippen LogP contribution in [0.4, 0.5) is 0 Å². The van der Waals surface area contributed by atoms with Gasteiger partial charge in [-0.2, -0.15) is 0 Å². The Morgan fingerprint density at radius 3 is 2.50 bits per heavy atom. The molecule has 0 spiro atoms. The zero-order chi connectivity index (χ0) is 15.5. The summed E-state index contributed by atoms with van der Waals surface area (Å²) < 4.78 is 0. The van der Waals surface area contributed by atoms with E-state index < -0.39 is 0 Å². The highest BCUT2D eigenvalue weighted by molar-refractivity contribution is 7.10. The number of hydrogen-bond donors (Lipinski definition) is 0. The SMILES string of the molecule is Cc1ccc(-c2csc(C=Cc3ccc(Cl)cc3Cl)n2)cc1. The monoisotopic (exact) mass is 345 g/mol. The van der Waals surface area contributed by atoms with Gasteiger partial charge in [0.1, 0.15) is 5.01 Å². The minimum absolute atomic E-state index is 0.637. The summed E-state index contributed by atoms with van der Waals surface area (Å²) in [6.07, 6.45) is 3.92. The molecule has 3 aromatic rings. The summed E-state index contributed by atoms with van der Waals surface area (Å²) in [4.78, 5) is 4.64. The highest BCUT2D eigenvalue weighted by Crippen LogP contribution is 2.25. The Hall–Kier alpha value is -1.61. The highest BCUT2D eigenvalue weighted by Gasteiger charge is 2.03. The second kappa shape index (κ2) is 6.66. The second-order valence-corrected chi connectivity index (χ2v) is 6.67. The van der Waals surface area contributed by atoms with Crippen molar-refractivity contribution >= 4 is 46.7 Å². The number of aryl methyl sites for hydroxylation is 1. The highest BCUT2D eigenvalue weighted by atomic mass is 35.5. The van der Waals surface area contributed by atoms with Crippen LogP contribution in [0, 0.1) is 6.92 Å². The van der Waals surface area contributed by atoms with E-state index in [1.807, 2.05) is 24.3 Å². The molecule has 1 aromatic heterocycles. The fourth-order valence-electron chi connectivity index (χ4n) is 2.02. The Bertz CT molecular complexity index is 819. The summed E-state index contributed by atoms with van der Waals surface area (Å²) in [5.74, 6) is 0. The summed E-state index contributed by atoms with van der Waals surface area (Å²) in [6, 6.07) is 13.8. The normalized spacial score (nSPS) is 11.2. The molecular weight excluding hydrogens is 333 g/mol. The van der Waals surface area contributed by atoms with Crippen LogP contribution in [0.25, 0.3) is 23.4 Å². The Labute approximate surface area is 143 Å². The van der Waals surface area contributed by atoms with Crippen LogP contribution in [-0.4, -0.2) is 4.98 Å². The Kier molecular flexibility index (Phi) is 4.63. The van der Waals surface area contributed by atoms with E-state index >= 15 is 0 Å². The van der Waals surface area contributed by atoms with Crippen molar-refractivity contribution in [2.45, 2.75) is 6.92 Å². The lowest BCUT2D eigenvalue weighted by atomic mass is 10.1. The molecule has 0 aliphatic rings. The summed E-state index contributed by atoms with van der Waals surface area (Å²) in [6.45, 7) is 2.08. The van der Waals surface area contributed by atoms with Crippen LogP contribution in [0.15, 0.2) is 47.8 Å². The van der Waals surface area contributed by atoms with Crippen molar-refractivity contribution in [1.29, 1.82) is 0 Å². The zero-order valence-electron chi connectivity index (χ0n) is 11.9. The average molecular weight is 346 g/mol. The van der Waals surface area contributed by atoms with Crippen LogP contribution in [0.3, 0.4) is 0 Å². The topological polar surface area (TPSA) is 12.9 Å². The molecule has 0 fully saturated rings. The number of aromatic nitrogens is 1. The quantitative estimate of drug-likeness (QED) is 0.521. The smallest absolute Gasteiger partial charge is 0.116 e. The number of benzene rings is 2. The lowest BCUT2D eigenvalue weighted by Gasteiger charge is -1.98. The van der Waals surface area contributed by atoms with Gasteiger partial charge in [0.25, 0.3) is 0 Å². The average Bonchev–Trinajstić information content (AvgIpc) is 2.96. The molecule has 2 aromatic carbocycles. The van der Waals surface area contributed by atoms with Crippen LogP contribution in [0.5, 0.6) is 0 Å². The van der Waals surface area contributed by atoms with Crippen molar-refractivity contribution in [2.24, 2.45) is 0 Å². The third-order valence-electron chi connectivity index (χ3n) is 3.24. The van der Waals surface area contributed by atoms with E-state index in [4.69, 9.17) is 23.2 Å². The number of thiazole rings is 1. The zero-order valence-corrected chi connectivity index (χ0v) is 14.2. The molecule has 3 rings (SSSR count). The number of rotatable bonds is 3. The third kappa shape index (κ3) is 3.58. The number of nitrogens with zero attached hydrogens (tertiary/aromatic N) is 1. The van der Waals surface area contributed by atoms with E-state index in [1.54, 1.807) is 17.4 Å². The van der Waals surface area contributed by atoms with E-state index in [2.05, 4.69) is 41.6 Å². The van der Waals surface area contributed by atoms with Gasteiger partial charge in [0.15, 0.2) is 0 Å². The van der Waals surface area contributed by atoms with Crippen molar-refractivity contribution in [3.8, 4) is 11.3 Å². The van der Waals surface area contributed by atoms with E-state index in [0.29, 0.717) is 10.0 Å². The van der Waals surface area contributed by atoms with Gasteiger partial charge in [-0.15, -0.1) is 11.3 Å². The fraction of sp³-hybridized carbons (Fsp3) is 0.0556. The van der Waals surface area contributed by atoms with E-state index in [0.717, 1.165) is 21.8 Å². The van der Waals surface area contributed by atoms with Crippen molar-refractivity contribution in [3.05, 3.63) is 74.0 Å². The van der Waals surface area contributed by atoms with Crippen LogP contribution >= 0.6 is 34.5 Å².